The van der Waals surface area contributed by atoms with Crippen LogP contribution in [-0.4, -0.2) is 22.6 Å². The summed E-state index contributed by atoms with van der Waals surface area (Å²) in [7, 11) is 0. The number of fused-ring (bicyclic) bond motifs is 5. The summed E-state index contributed by atoms with van der Waals surface area (Å²) < 4.78 is 2.63. The maximum Gasteiger partial charge on any atom is 0.0872 e. The Labute approximate surface area is 172 Å². The van der Waals surface area contributed by atoms with Crippen molar-refractivity contribution < 1.29 is 0 Å². The lowest BCUT2D eigenvalue weighted by Gasteiger charge is -2.44. The molecule has 1 atom stereocenters. The van der Waals surface area contributed by atoms with Gasteiger partial charge in [-0.05, 0) is 48.6 Å². The average molecular weight is 379 g/mol. The van der Waals surface area contributed by atoms with Crippen LogP contribution in [0.4, 0.5) is 0 Å². The normalized spacial score (nSPS) is 21.2. The quantitative estimate of drug-likeness (QED) is 0.451. The zero-order valence-corrected chi connectivity index (χ0v) is 16.7. The van der Waals surface area contributed by atoms with Gasteiger partial charge in [-0.25, -0.2) is 0 Å². The van der Waals surface area contributed by atoms with Crippen molar-refractivity contribution in [3.8, 4) is 0 Å². The van der Waals surface area contributed by atoms with E-state index in [-0.39, 0.29) is 5.54 Å². The molecule has 2 aliphatic rings. The van der Waals surface area contributed by atoms with Crippen LogP contribution in [0.25, 0.3) is 10.9 Å². The van der Waals surface area contributed by atoms with Gasteiger partial charge in [0.05, 0.1) is 5.54 Å². The van der Waals surface area contributed by atoms with Crippen molar-refractivity contribution in [2.24, 2.45) is 0 Å². The minimum atomic E-state index is 0.00262. The highest BCUT2D eigenvalue weighted by molar-refractivity contribution is 5.87. The lowest BCUT2D eigenvalue weighted by Crippen LogP contribution is -2.48. The highest BCUT2D eigenvalue weighted by Gasteiger charge is 2.49. The van der Waals surface area contributed by atoms with E-state index < -0.39 is 0 Å². The van der Waals surface area contributed by atoms with E-state index in [9.17, 15) is 0 Å². The average Bonchev–Trinajstić information content (AvgIpc) is 3.36. The standard InChI is InChI=1S/C27H26N2/c1-3-10-21(11-4-1)20-29-25-15-8-7-14-23(25)24-16-19-28-18-9-17-27(28,26(24)29)22-12-5-2-6-13-22/h1-8,10-15H,9,16-20H2/t27-/m0/s1. The number of para-hydroxylation sites is 1. The van der Waals surface area contributed by atoms with Crippen molar-refractivity contribution in [1.82, 2.24) is 9.47 Å². The molecule has 1 aromatic heterocycles. The number of nitrogens with zero attached hydrogens (tertiary/aromatic N) is 2. The Bertz CT molecular complexity index is 1160. The summed E-state index contributed by atoms with van der Waals surface area (Å²) in [6.45, 7) is 3.28. The van der Waals surface area contributed by atoms with Gasteiger partial charge in [0, 0.05) is 29.7 Å². The van der Waals surface area contributed by atoms with Gasteiger partial charge in [-0.3, -0.25) is 4.90 Å². The van der Waals surface area contributed by atoms with Gasteiger partial charge in [0.25, 0.3) is 0 Å². The van der Waals surface area contributed by atoms with Gasteiger partial charge in [-0.15, -0.1) is 0 Å². The molecule has 2 heteroatoms. The second kappa shape index (κ2) is 6.60. The van der Waals surface area contributed by atoms with Crippen LogP contribution in [0, 0.1) is 0 Å². The molecule has 0 radical (unpaired) electrons. The van der Waals surface area contributed by atoms with Gasteiger partial charge in [0.1, 0.15) is 0 Å². The molecule has 0 bridgehead atoms. The molecule has 144 valence electrons. The molecule has 29 heavy (non-hydrogen) atoms. The fourth-order valence-corrected chi connectivity index (χ4v) is 5.90. The molecule has 6 rings (SSSR count). The lowest BCUT2D eigenvalue weighted by molar-refractivity contribution is 0.155. The van der Waals surface area contributed by atoms with Gasteiger partial charge in [0.2, 0.25) is 0 Å². The summed E-state index contributed by atoms with van der Waals surface area (Å²) in [5, 5.41) is 1.44. The Morgan fingerprint density at radius 2 is 1.48 bits per heavy atom. The third-order valence-electron chi connectivity index (χ3n) is 7.04. The second-order valence-corrected chi connectivity index (χ2v) is 8.48. The van der Waals surface area contributed by atoms with E-state index in [1.165, 1.54) is 47.1 Å². The SMILES string of the molecule is c1ccc(Cn2c3c(c4ccccc42)CCN2CCC[C@]32c2ccccc2)cc1. The molecule has 0 N–H and O–H groups in total. The maximum absolute atomic E-state index is 2.76. The largest absolute Gasteiger partial charge is 0.338 e. The van der Waals surface area contributed by atoms with Crippen LogP contribution in [0.2, 0.25) is 0 Å². The Morgan fingerprint density at radius 3 is 2.31 bits per heavy atom. The maximum atomic E-state index is 2.76. The molecule has 2 aliphatic heterocycles. The number of benzene rings is 3. The molecule has 0 saturated carbocycles. The Hall–Kier alpha value is -2.84. The molecule has 1 saturated heterocycles. The first-order valence-corrected chi connectivity index (χ1v) is 10.8. The molecule has 3 heterocycles. The number of rotatable bonds is 3. The van der Waals surface area contributed by atoms with Crippen LogP contribution in [0.15, 0.2) is 84.9 Å². The van der Waals surface area contributed by atoms with Crippen LogP contribution < -0.4 is 0 Å². The molecule has 0 spiro atoms. The minimum absolute atomic E-state index is 0.00262. The van der Waals surface area contributed by atoms with Crippen LogP contribution in [-0.2, 0) is 18.5 Å². The molecule has 2 nitrogen and oxygen atoms in total. The minimum Gasteiger partial charge on any atom is -0.338 e. The smallest absolute Gasteiger partial charge is 0.0872 e. The van der Waals surface area contributed by atoms with Gasteiger partial charge >= 0.3 is 0 Å². The topological polar surface area (TPSA) is 8.17 Å². The fraction of sp³-hybridized carbons (Fsp3) is 0.259. The summed E-state index contributed by atoms with van der Waals surface area (Å²) in [5.74, 6) is 0. The fourth-order valence-electron chi connectivity index (χ4n) is 5.90. The van der Waals surface area contributed by atoms with Gasteiger partial charge in [0.15, 0.2) is 0 Å². The van der Waals surface area contributed by atoms with Gasteiger partial charge < -0.3 is 4.57 Å². The Morgan fingerprint density at radius 1 is 0.759 bits per heavy atom. The van der Waals surface area contributed by atoms with E-state index in [0.29, 0.717) is 0 Å². The summed E-state index contributed by atoms with van der Waals surface area (Å²) in [4.78, 5) is 2.76. The van der Waals surface area contributed by atoms with Crippen molar-refractivity contribution in [3.63, 3.8) is 0 Å². The number of hydrogen-bond donors (Lipinski definition) is 0. The highest BCUT2D eigenvalue weighted by Crippen LogP contribution is 2.50. The van der Waals surface area contributed by atoms with Crippen molar-refractivity contribution in [1.29, 1.82) is 0 Å². The predicted molar refractivity (Wildman–Crippen MR) is 119 cm³/mol. The molecular weight excluding hydrogens is 352 g/mol. The van der Waals surface area contributed by atoms with Gasteiger partial charge in [-0.2, -0.15) is 0 Å². The predicted octanol–water partition coefficient (Wildman–Crippen LogP) is 5.59. The Kier molecular flexibility index (Phi) is 3.88. The summed E-state index contributed by atoms with van der Waals surface area (Å²) >= 11 is 0. The second-order valence-electron chi connectivity index (χ2n) is 8.48. The summed E-state index contributed by atoms with van der Waals surface area (Å²) in [5.41, 5.74) is 7.31. The Balaban J connectivity index is 1.66. The van der Waals surface area contributed by atoms with Crippen LogP contribution in [0.3, 0.4) is 0 Å². The van der Waals surface area contributed by atoms with E-state index in [1.54, 1.807) is 5.56 Å². The van der Waals surface area contributed by atoms with Crippen LogP contribution >= 0.6 is 0 Å². The van der Waals surface area contributed by atoms with Crippen molar-refractivity contribution >= 4 is 10.9 Å². The third kappa shape index (κ3) is 2.45. The van der Waals surface area contributed by atoms with Crippen LogP contribution in [0.1, 0.15) is 35.2 Å². The lowest BCUT2D eigenvalue weighted by atomic mass is 9.79. The molecule has 0 unspecified atom stereocenters. The monoisotopic (exact) mass is 378 g/mol. The molecule has 4 aromatic rings. The highest BCUT2D eigenvalue weighted by atomic mass is 15.3. The first kappa shape index (κ1) is 17.1. The molecule has 3 aromatic carbocycles. The van der Waals surface area contributed by atoms with E-state index >= 15 is 0 Å². The summed E-state index contributed by atoms with van der Waals surface area (Å²) in [6, 6.07) is 31.2. The van der Waals surface area contributed by atoms with Crippen molar-refractivity contribution in [3.05, 3.63) is 107 Å². The molecule has 0 aliphatic carbocycles. The van der Waals surface area contributed by atoms with Crippen molar-refractivity contribution in [2.75, 3.05) is 13.1 Å². The zero-order valence-electron chi connectivity index (χ0n) is 16.7. The zero-order chi connectivity index (χ0) is 19.3. The van der Waals surface area contributed by atoms with Crippen LogP contribution in [0.5, 0.6) is 0 Å². The third-order valence-corrected chi connectivity index (χ3v) is 7.04. The van der Waals surface area contributed by atoms with E-state index in [4.69, 9.17) is 0 Å². The number of hydrogen-bond acceptors (Lipinski definition) is 1. The number of aromatic nitrogens is 1. The van der Waals surface area contributed by atoms with Crippen molar-refractivity contribution in [2.45, 2.75) is 31.3 Å². The van der Waals surface area contributed by atoms with E-state index in [1.807, 2.05) is 0 Å². The van der Waals surface area contributed by atoms with Gasteiger partial charge in [-0.1, -0.05) is 78.9 Å². The molecular formula is C27H26N2. The summed E-state index contributed by atoms with van der Waals surface area (Å²) in [6.07, 6.45) is 3.61. The molecule has 0 amide bonds. The first-order valence-electron chi connectivity index (χ1n) is 10.8. The molecule has 1 fully saturated rings. The van der Waals surface area contributed by atoms with E-state index in [0.717, 1.165) is 19.5 Å². The van der Waals surface area contributed by atoms with E-state index in [2.05, 4.69) is 94.4 Å². The first-order chi connectivity index (χ1) is 14.4.